The van der Waals surface area contributed by atoms with E-state index in [9.17, 15) is 9.18 Å². The number of amides is 1. The van der Waals surface area contributed by atoms with Gasteiger partial charge in [-0.25, -0.2) is 9.18 Å². The van der Waals surface area contributed by atoms with E-state index in [1.165, 1.54) is 13.2 Å². The second kappa shape index (κ2) is 5.03. The highest BCUT2D eigenvalue weighted by molar-refractivity contribution is 5.85. The van der Waals surface area contributed by atoms with Gasteiger partial charge in [-0.3, -0.25) is 0 Å². The summed E-state index contributed by atoms with van der Waals surface area (Å²) in [6.45, 7) is 0.258. The normalized spacial score (nSPS) is 18.4. The molecule has 0 unspecified atom stereocenters. The number of alkyl carbamates (subject to hydrolysis) is 1. The molecule has 1 saturated heterocycles. The van der Waals surface area contributed by atoms with Crippen LogP contribution in [0.2, 0.25) is 0 Å². The maximum absolute atomic E-state index is 13.1. The molecule has 1 aliphatic rings. The third kappa shape index (κ3) is 2.36. The van der Waals surface area contributed by atoms with Crippen LogP contribution in [0.15, 0.2) is 18.2 Å². The van der Waals surface area contributed by atoms with Crippen molar-refractivity contribution in [3.05, 3.63) is 29.6 Å². The molecule has 1 N–H and O–H groups in total. The number of rotatable bonds is 2. The van der Waals surface area contributed by atoms with Crippen LogP contribution in [0.25, 0.3) is 0 Å². The minimum absolute atomic E-state index is 0. The van der Waals surface area contributed by atoms with Crippen LogP contribution in [0.3, 0.4) is 0 Å². The van der Waals surface area contributed by atoms with E-state index in [1.807, 2.05) is 0 Å². The first kappa shape index (κ1) is 12.6. The highest BCUT2D eigenvalue weighted by atomic mass is 35.5. The van der Waals surface area contributed by atoms with Crippen LogP contribution in [0.1, 0.15) is 11.6 Å². The number of nitrogens with one attached hydrogen (secondary N) is 1. The molecular formula is C10H11ClFNO3. The summed E-state index contributed by atoms with van der Waals surface area (Å²) >= 11 is 0. The SMILES string of the molecule is COc1cc([C@H]2COC(=O)N2)ccc1F.Cl. The standard InChI is InChI=1S/C10H10FNO3.ClH/c1-14-9-4-6(2-3-7(9)11)8-5-15-10(13)12-8;/h2-4,8H,5H2,1H3,(H,12,13);1H/t8-;/m1./s1. The van der Waals surface area contributed by atoms with E-state index in [0.717, 1.165) is 5.56 Å². The number of carbonyl (C=O) groups excluding carboxylic acids is 1. The van der Waals surface area contributed by atoms with E-state index in [2.05, 4.69) is 5.32 Å². The number of hydrogen-bond acceptors (Lipinski definition) is 3. The van der Waals surface area contributed by atoms with Gasteiger partial charge in [0.25, 0.3) is 0 Å². The van der Waals surface area contributed by atoms with Gasteiger partial charge in [0.05, 0.1) is 13.2 Å². The van der Waals surface area contributed by atoms with Gasteiger partial charge in [-0.05, 0) is 17.7 Å². The van der Waals surface area contributed by atoms with Crippen LogP contribution < -0.4 is 10.1 Å². The van der Waals surface area contributed by atoms with Crippen molar-refractivity contribution in [3.63, 3.8) is 0 Å². The van der Waals surface area contributed by atoms with Gasteiger partial charge in [-0.15, -0.1) is 12.4 Å². The Bertz CT molecular complexity index is 400. The van der Waals surface area contributed by atoms with E-state index in [-0.39, 0.29) is 30.8 Å². The minimum Gasteiger partial charge on any atom is -0.494 e. The Labute approximate surface area is 98.1 Å². The maximum atomic E-state index is 13.1. The van der Waals surface area contributed by atoms with Crippen LogP contribution in [0, 0.1) is 5.82 Å². The Balaban J connectivity index is 0.00000128. The summed E-state index contributed by atoms with van der Waals surface area (Å²) in [5.41, 5.74) is 0.763. The van der Waals surface area contributed by atoms with Gasteiger partial charge in [-0.2, -0.15) is 0 Å². The fourth-order valence-corrected chi connectivity index (χ4v) is 1.46. The molecule has 0 bridgehead atoms. The highest BCUT2D eigenvalue weighted by Gasteiger charge is 2.24. The fraction of sp³-hybridized carbons (Fsp3) is 0.300. The molecule has 88 valence electrons. The number of methoxy groups -OCH3 is 1. The topological polar surface area (TPSA) is 47.6 Å². The van der Waals surface area contributed by atoms with Crippen molar-refractivity contribution in [2.75, 3.05) is 13.7 Å². The van der Waals surface area contributed by atoms with Gasteiger partial charge in [0.1, 0.15) is 6.61 Å². The van der Waals surface area contributed by atoms with Crippen molar-refractivity contribution in [1.82, 2.24) is 5.32 Å². The minimum atomic E-state index is -0.455. The summed E-state index contributed by atoms with van der Waals surface area (Å²) in [4.78, 5) is 10.8. The molecule has 0 aliphatic carbocycles. The van der Waals surface area contributed by atoms with Crippen LogP contribution in [0.4, 0.5) is 9.18 Å². The number of cyclic esters (lactones) is 1. The summed E-state index contributed by atoms with van der Waals surface area (Å²) in [6.07, 6.45) is -0.455. The van der Waals surface area contributed by atoms with Gasteiger partial charge in [-0.1, -0.05) is 6.07 Å². The van der Waals surface area contributed by atoms with Gasteiger partial charge in [0, 0.05) is 0 Å². The summed E-state index contributed by atoms with van der Waals surface area (Å²) in [5.74, 6) is -0.264. The zero-order valence-electron chi connectivity index (χ0n) is 8.53. The predicted molar refractivity (Wildman–Crippen MR) is 57.4 cm³/mol. The second-order valence-electron chi connectivity index (χ2n) is 3.19. The van der Waals surface area contributed by atoms with E-state index < -0.39 is 11.9 Å². The number of halogens is 2. The smallest absolute Gasteiger partial charge is 0.407 e. The predicted octanol–water partition coefficient (Wildman–Crippen LogP) is 2.04. The molecule has 1 amide bonds. The van der Waals surface area contributed by atoms with E-state index in [0.29, 0.717) is 0 Å². The maximum Gasteiger partial charge on any atom is 0.407 e. The average Bonchev–Trinajstić information content (AvgIpc) is 2.66. The number of benzene rings is 1. The zero-order valence-corrected chi connectivity index (χ0v) is 9.34. The first-order valence-corrected chi connectivity index (χ1v) is 4.47. The molecule has 1 aromatic carbocycles. The molecule has 16 heavy (non-hydrogen) atoms. The van der Waals surface area contributed by atoms with E-state index in [1.54, 1.807) is 12.1 Å². The van der Waals surface area contributed by atoms with Crippen LogP contribution in [0.5, 0.6) is 5.75 Å². The Morgan fingerprint density at radius 2 is 2.31 bits per heavy atom. The number of hydrogen-bond donors (Lipinski definition) is 1. The molecule has 0 aromatic heterocycles. The van der Waals surface area contributed by atoms with Crippen molar-refractivity contribution in [3.8, 4) is 5.75 Å². The quantitative estimate of drug-likeness (QED) is 0.870. The molecule has 1 aliphatic heterocycles. The summed E-state index contributed by atoms with van der Waals surface area (Å²) < 4.78 is 22.7. The van der Waals surface area contributed by atoms with Crippen molar-refractivity contribution in [2.45, 2.75) is 6.04 Å². The molecule has 0 radical (unpaired) electrons. The first-order chi connectivity index (χ1) is 7.20. The molecular weight excluding hydrogens is 237 g/mol. The molecule has 1 heterocycles. The van der Waals surface area contributed by atoms with Crippen molar-refractivity contribution >= 4 is 18.5 Å². The lowest BCUT2D eigenvalue weighted by Crippen LogP contribution is -2.18. The molecule has 6 heteroatoms. The van der Waals surface area contributed by atoms with Crippen LogP contribution in [-0.4, -0.2) is 19.8 Å². The summed E-state index contributed by atoms with van der Waals surface area (Å²) in [6, 6.07) is 4.22. The molecule has 0 spiro atoms. The van der Waals surface area contributed by atoms with Gasteiger partial charge >= 0.3 is 6.09 Å². The molecule has 2 rings (SSSR count). The molecule has 1 fully saturated rings. The van der Waals surface area contributed by atoms with Crippen molar-refractivity contribution in [1.29, 1.82) is 0 Å². The van der Waals surface area contributed by atoms with Gasteiger partial charge in [0.15, 0.2) is 11.6 Å². The first-order valence-electron chi connectivity index (χ1n) is 4.47. The van der Waals surface area contributed by atoms with Gasteiger partial charge < -0.3 is 14.8 Å². The lowest BCUT2D eigenvalue weighted by atomic mass is 10.1. The van der Waals surface area contributed by atoms with Crippen molar-refractivity contribution in [2.24, 2.45) is 0 Å². The van der Waals surface area contributed by atoms with Crippen molar-refractivity contribution < 1.29 is 18.7 Å². The molecule has 1 aromatic rings. The monoisotopic (exact) mass is 247 g/mol. The van der Waals surface area contributed by atoms with Crippen LogP contribution in [-0.2, 0) is 4.74 Å². The zero-order chi connectivity index (χ0) is 10.8. The third-order valence-electron chi connectivity index (χ3n) is 2.25. The molecule has 4 nitrogen and oxygen atoms in total. The molecule has 1 atom stereocenters. The Kier molecular flexibility index (Phi) is 3.95. The summed E-state index contributed by atoms with van der Waals surface area (Å²) in [5, 5.41) is 2.60. The van der Waals surface area contributed by atoms with Gasteiger partial charge in [0.2, 0.25) is 0 Å². The Hall–Kier alpha value is -1.49. The van der Waals surface area contributed by atoms with E-state index >= 15 is 0 Å². The second-order valence-corrected chi connectivity index (χ2v) is 3.19. The fourth-order valence-electron chi connectivity index (χ4n) is 1.46. The van der Waals surface area contributed by atoms with E-state index in [4.69, 9.17) is 9.47 Å². The lowest BCUT2D eigenvalue weighted by Gasteiger charge is -2.09. The summed E-state index contributed by atoms with van der Waals surface area (Å²) in [7, 11) is 1.39. The molecule has 0 saturated carbocycles. The Morgan fingerprint density at radius 1 is 1.56 bits per heavy atom. The highest BCUT2D eigenvalue weighted by Crippen LogP contribution is 2.24. The lowest BCUT2D eigenvalue weighted by molar-refractivity contribution is 0.177. The van der Waals surface area contributed by atoms with Crippen LogP contribution >= 0.6 is 12.4 Å². The largest absolute Gasteiger partial charge is 0.494 e. The third-order valence-corrected chi connectivity index (χ3v) is 2.25. The number of carbonyl (C=O) groups is 1. The Morgan fingerprint density at radius 3 is 2.88 bits per heavy atom. The average molecular weight is 248 g/mol. The number of ether oxygens (including phenoxy) is 2.